The van der Waals surface area contributed by atoms with Crippen LogP contribution in [0.3, 0.4) is 0 Å². The first kappa shape index (κ1) is 14.6. The van der Waals surface area contributed by atoms with Crippen molar-refractivity contribution in [2.45, 2.75) is 25.9 Å². The second kappa shape index (κ2) is 7.87. The zero-order chi connectivity index (χ0) is 12.6. The Balaban J connectivity index is 4.15. The number of hydrogen-bond acceptors (Lipinski definition) is 3. The molecule has 5 nitrogen and oxygen atoms in total. The van der Waals surface area contributed by atoms with E-state index in [-0.39, 0.29) is 31.5 Å². The molecule has 0 aliphatic heterocycles. The molecule has 92 valence electrons. The molecule has 1 amide bonds. The van der Waals surface area contributed by atoms with Gasteiger partial charge in [-0.25, -0.2) is 0 Å². The number of carboxylic acids is 1. The van der Waals surface area contributed by atoms with Gasteiger partial charge in [-0.1, -0.05) is 6.08 Å². The highest BCUT2D eigenvalue weighted by atomic mass is 16.5. The van der Waals surface area contributed by atoms with Crippen LogP contribution in [0.1, 0.15) is 19.8 Å². The molecule has 0 aromatic heterocycles. The zero-order valence-corrected chi connectivity index (χ0v) is 9.81. The van der Waals surface area contributed by atoms with Crippen LogP contribution in [0.5, 0.6) is 0 Å². The van der Waals surface area contributed by atoms with Gasteiger partial charge in [0, 0.05) is 20.1 Å². The van der Waals surface area contributed by atoms with E-state index in [0.717, 1.165) is 0 Å². The lowest BCUT2D eigenvalue weighted by Gasteiger charge is -2.19. The minimum absolute atomic E-state index is 0.000593. The normalized spacial score (nSPS) is 11.9. The van der Waals surface area contributed by atoms with Crippen molar-refractivity contribution in [3.63, 3.8) is 0 Å². The van der Waals surface area contributed by atoms with Gasteiger partial charge in [-0.3, -0.25) is 9.59 Å². The van der Waals surface area contributed by atoms with Crippen molar-refractivity contribution in [3.8, 4) is 0 Å². The highest BCUT2D eigenvalue weighted by Gasteiger charge is 2.15. The Kier molecular flexibility index (Phi) is 7.20. The summed E-state index contributed by atoms with van der Waals surface area (Å²) < 4.78 is 5.01. The van der Waals surface area contributed by atoms with Crippen molar-refractivity contribution in [2.24, 2.45) is 0 Å². The number of carboxylic acid groups (broad SMARTS) is 1. The molecule has 0 radical (unpaired) electrons. The van der Waals surface area contributed by atoms with E-state index in [4.69, 9.17) is 9.84 Å². The molecular formula is C11H19NO4. The van der Waals surface area contributed by atoms with E-state index in [9.17, 15) is 9.59 Å². The third kappa shape index (κ3) is 6.19. The van der Waals surface area contributed by atoms with Crippen molar-refractivity contribution >= 4 is 11.9 Å². The summed E-state index contributed by atoms with van der Waals surface area (Å²) in [5.41, 5.74) is 0. The monoisotopic (exact) mass is 229 g/mol. The average molecular weight is 229 g/mol. The zero-order valence-electron chi connectivity index (χ0n) is 9.81. The van der Waals surface area contributed by atoms with Gasteiger partial charge in [0.2, 0.25) is 5.91 Å². The molecule has 0 aliphatic carbocycles. The third-order valence-corrected chi connectivity index (χ3v) is 2.20. The Labute approximate surface area is 95.7 Å². The molecule has 5 heteroatoms. The molecule has 0 bridgehead atoms. The fraction of sp³-hybridized carbons (Fsp3) is 0.636. The molecule has 0 aromatic carbocycles. The molecule has 0 heterocycles. The summed E-state index contributed by atoms with van der Waals surface area (Å²) in [7, 11) is 1.58. The molecule has 16 heavy (non-hydrogen) atoms. The lowest BCUT2D eigenvalue weighted by molar-refractivity contribution is -0.144. The van der Waals surface area contributed by atoms with Gasteiger partial charge in [-0.15, -0.1) is 6.58 Å². The third-order valence-electron chi connectivity index (χ3n) is 2.20. The second-order valence-electron chi connectivity index (χ2n) is 3.54. The Morgan fingerprint density at radius 1 is 1.56 bits per heavy atom. The number of nitrogens with zero attached hydrogens (tertiary/aromatic N) is 1. The van der Waals surface area contributed by atoms with Gasteiger partial charge in [0.1, 0.15) is 6.54 Å². The van der Waals surface area contributed by atoms with Gasteiger partial charge in [0.05, 0.1) is 6.10 Å². The predicted molar refractivity (Wildman–Crippen MR) is 60.1 cm³/mol. The van der Waals surface area contributed by atoms with Crippen molar-refractivity contribution in [3.05, 3.63) is 12.7 Å². The number of rotatable bonds is 8. The predicted octanol–water partition coefficient (Wildman–Crippen LogP) is 0.901. The van der Waals surface area contributed by atoms with Crippen molar-refractivity contribution in [2.75, 3.05) is 20.2 Å². The SMILES string of the molecule is C=CCN(CC(=O)O)C(=O)CCC(C)OC. The first-order valence-electron chi connectivity index (χ1n) is 5.14. The highest BCUT2D eigenvalue weighted by molar-refractivity contribution is 5.81. The molecule has 0 aromatic rings. The molecular weight excluding hydrogens is 210 g/mol. The summed E-state index contributed by atoms with van der Waals surface area (Å²) in [6.07, 6.45) is 2.39. The summed E-state index contributed by atoms with van der Waals surface area (Å²) in [6, 6.07) is 0. The van der Waals surface area contributed by atoms with Crippen LogP contribution < -0.4 is 0 Å². The topological polar surface area (TPSA) is 66.8 Å². The lowest BCUT2D eigenvalue weighted by atomic mass is 10.2. The van der Waals surface area contributed by atoms with E-state index in [0.29, 0.717) is 6.42 Å². The van der Waals surface area contributed by atoms with Crippen LogP contribution in [-0.4, -0.2) is 48.2 Å². The smallest absolute Gasteiger partial charge is 0.323 e. The molecule has 0 rings (SSSR count). The van der Waals surface area contributed by atoms with E-state index >= 15 is 0 Å². The summed E-state index contributed by atoms with van der Waals surface area (Å²) >= 11 is 0. The van der Waals surface area contributed by atoms with E-state index in [1.54, 1.807) is 7.11 Å². The maximum absolute atomic E-state index is 11.6. The van der Waals surface area contributed by atoms with Crippen LogP contribution >= 0.6 is 0 Å². The largest absolute Gasteiger partial charge is 0.480 e. The molecule has 0 saturated heterocycles. The lowest BCUT2D eigenvalue weighted by Crippen LogP contribution is -2.36. The van der Waals surface area contributed by atoms with E-state index in [2.05, 4.69) is 6.58 Å². The van der Waals surface area contributed by atoms with E-state index in [1.165, 1.54) is 11.0 Å². The molecule has 1 atom stereocenters. The summed E-state index contributed by atoms with van der Waals surface area (Å²) in [4.78, 5) is 23.4. The number of ether oxygens (including phenoxy) is 1. The Hall–Kier alpha value is -1.36. The number of carbonyl (C=O) groups excluding carboxylic acids is 1. The maximum atomic E-state index is 11.6. The van der Waals surface area contributed by atoms with Crippen LogP contribution in [0.15, 0.2) is 12.7 Å². The summed E-state index contributed by atoms with van der Waals surface area (Å²) in [5, 5.41) is 8.63. The fourth-order valence-electron chi connectivity index (χ4n) is 1.18. The van der Waals surface area contributed by atoms with Crippen LogP contribution in [0.25, 0.3) is 0 Å². The van der Waals surface area contributed by atoms with Gasteiger partial charge in [-0.2, -0.15) is 0 Å². The Bertz CT molecular complexity index is 252. The first-order chi connectivity index (χ1) is 7.51. The molecule has 0 aliphatic rings. The minimum atomic E-state index is -1.02. The van der Waals surface area contributed by atoms with Gasteiger partial charge >= 0.3 is 5.97 Å². The minimum Gasteiger partial charge on any atom is -0.480 e. The second-order valence-corrected chi connectivity index (χ2v) is 3.54. The van der Waals surface area contributed by atoms with E-state index < -0.39 is 5.97 Å². The molecule has 0 spiro atoms. The van der Waals surface area contributed by atoms with Gasteiger partial charge < -0.3 is 14.7 Å². The number of amides is 1. The van der Waals surface area contributed by atoms with E-state index in [1.807, 2.05) is 6.92 Å². The van der Waals surface area contributed by atoms with Gasteiger partial charge in [-0.05, 0) is 13.3 Å². The molecule has 0 saturated carbocycles. The van der Waals surface area contributed by atoms with Crippen LogP contribution in [0.4, 0.5) is 0 Å². The van der Waals surface area contributed by atoms with Crippen LogP contribution in [-0.2, 0) is 14.3 Å². The maximum Gasteiger partial charge on any atom is 0.323 e. The van der Waals surface area contributed by atoms with Crippen LogP contribution in [0, 0.1) is 0 Å². The van der Waals surface area contributed by atoms with Gasteiger partial charge in [0.25, 0.3) is 0 Å². The standard InChI is InChI=1S/C11H19NO4/c1-4-7-12(8-11(14)15)10(13)6-5-9(2)16-3/h4,9H,1,5-8H2,2-3H3,(H,14,15). The number of methoxy groups -OCH3 is 1. The number of carbonyl (C=O) groups is 2. The fourth-order valence-corrected chi connectivity index (χ4v) is 1.18. The van der Waals surface area contributed by atoms with Crippen molar-refractivity contribution < 1.29 is 19.4 Å². The molecule has 1 N–H and O–H groups in total. The average Bonchev–Trinajstić information content (AvgIpc) is 2.24. The highest BCUT2D eigenvalue weighted by Crippen LogP contribution is 2.04. The summed E-state index contributed by atoms with van der Waals surface area (Å²) in [5.74, 6) is -1.21. The quantitative estimate of drug-likeness (QED) is 0.628. The Morgan fingerprint density at radius 2 is 2.19 bits per heavy atom. The van der Waals surface area contributed by atoms with Crippen molar-refractivity contribution in [1.82, 2.24) is 4.90 Å². The number of aliphatic carboxylic acids is 1. The van der Waals surface area contributed by atoms with Crippen molar-refractivity contribution in [1.29, 1.82) is 0 Å². The Morgan fingerprint density at radius 3 is 2.62 bits per heavy atom. The van der Waals surface area contributed by atoms with Gasteiger partial charge in [0.15, 0.2) is 0 Å². The number of hydrogen-bond donors (Lipinski definition) is 1. The molecule has 0 fully saturated rings. The molecule has 1 unspecified atom stereocenters. The summed E-state index contributed by atoms with van der Waals surface area (Å²) in [6.45, 7) is 5.32. The van der Waals surface area contributed by atoms with Crippen LogP contribution in [0.2, 0.25) is 0 Å². The first-order valence-corrected chi connectivity index (χ1v) is 5.14.